The molecule has 0 saturated heterocycles. The lowest BCUT2D eigenvalue weighted by Gasteiger charge is -2.07. The van der Waals surface area contributed by atoms with Crippen LogP contribution in [0.15, 0.2) is 79.3 Å². The molecule has 0 atom stereocenters. The topological polar surface area (TPSA) is 49.8 Å². The lowest BCUT2D eigenvalue weighted by atomic mass is 10.1. The molecule has 0 bridgehead atoms. The first kappa shape index (κ1) is 14.3. The summed E-state index contributed by atoms with van der Waals surface area (Å²) in [5.74, 6) is -0.0701. The van der Waals surface area contributed by atoms with Gasteiger partial charge in [0.25, 0.3) is 5.91 Å². The van der Waals surface area contributed by atoms with Crippen molar-refractivity contribution in [3.8, 4) is 5.69 Å². The molecule has 0 aliphatic carbocycles. The largest absolute Gasteiger partial charge is 0.361 e. The van der Waals surface area contributed by atoms with Crippen LogP contribution < -0.4 is 5.32 Å². The van der Waals surface area contributed by atoms with Crippen molar-refractivity contribution in [3.05, 3.63) is 90.4 Å². The summed E-state index contributed by atoms with van der Waals surface area (Å²) in [4.78, 5) is 15.6. The van der Waals surface area contributed by atoms with Crippen LogP contribution in [0.1, 0.15) is 15.9 Å². The van der Waals surface area contributed by atoms with Gasteiger partial charge in [0.15, 0.2) is 0 Å². The van der Waals surface area contributed by atoms with E-state index in [0.717, 1.165) is 22.2 Å². The van der Waals surface area contributed by atoms with Gasteiger partial charge in [-0.25, -0.2) is 0 Å². The Labute approximate surface area is 139 Å². The van der Waals surface area contributed by atoms with Crippen LogP contribution in [0.2, 0.25) is 0 Å². The Morgan fingerprint density at radius 1 is 0.958 bits per heavy atom. The van der Waals surface area contributed by atoms with Gasteiger partial charge in [0.1, 0.15) is 0 Å². The standard InChI is InChI=1S/C20H17N3O/c24-20(15-7-9-17(10-8-15)23-11-3-4-12-23)22-14-16-13-21-19-6-2-1-5-18(16)19/h1-13,21H,14H2,(H,22,24). The van der Waals surface area contributed by atoms with E-state index in [9.17, 15) is 4.79 Å². The molecular weight excluding hydrogens is 298 g/mol. The average Bonchev–Trinajstić information content (AvgIpc) is 3.30. The summed E-state index contributed by atoms with van der Waals surface area (Å²) < 4.78 is 2.01. The second-order valence-corrected chi connectivity index (χ2v) is 5.68. The molecule has 0 unspecified atom stereocenters. The predicted molar refractivity (Wildman–Crippen MR) is 95.2 cm³/mol. The highest BCUT2D eigenvalue weighted by molar-refractivity contribution is 5.94. The van der Waals surface area contributed by atoms with E-state index in [1.54, 1.807) is 0 Å². The number of benzene rings is 2. The molecule has 0 saturated carbocycles. The molecule has 0 spiro atoms. The maximum absolute atomic E-state index is 12.3. The number of rotatable bonds is 4. The molecule has 118 valence electrons. The van der Waals surface area contributed by atoms with Crippen molar-refractivity contribution in [2.75, 3.05) is 0 Å². The minimum atomic E-state index is -0.0701. The molecular formula is C20H17N3O. The summed E-state index contributed by atoms with van der Waals surface area (Å²) in [6.07, 6.45) is 5.90. The number of carbonyl (C=O) groups is 1. The Bertz CT molecular complexity index is 966. The van der Waals surface area contributed by atoms with Crippen molar-refractivity contribution in [2.24, 2.45) is 0 Å². The zero-order valence-electron chi connectivity index (χ0n) is 13.1. The Balaban J connectivity index is 1.46. The van der Waals surface area contributed by atoms with Crippen molar-refractivity contribution in [3.63, 3.8) is 0 Å². The first-order valence-corrected chi connectivity index (χ1v) is 7.88. The fourth-order valence-electron chi connectivity index (χ4n) is 2.85. The molecule has 4 rings (SSSR count). The van der Waals surface area contributed by atoms with Gasteiger partial charge in [-0.15, -0.1) is 0 Å². The Kier molecular flexibility index (Phi) is 3.63. The maximum Gasteiger partial charge on any atom is 0.251 e. The lowest BCUT2D eigenvalue weighted by molar-refractivity contribution is 0.0951. The van der Waals surface area contributed by atoms with E-state index in [1.165, 1.54) is 0 Å². The third kappa shape index (κ3) is 2.70. The van der Waals surface area contributed by atoms with E-state index >= 15 is 0 Å². The molecule has 24 heavy (non-hydrogen) atoms. The number of nitrogens with one attached hydrogen (secondary N) is 2. The first-order chi connectivity index (χ1) is 11.8. The van der Waals surface area contributed by atoms with E-state index in [4.69, 9.17) is 0 Å². The Morgan fingerprint density at radius 3 is 2.50 bits per heavy atom. The van der Waals surface area contributed by atoms with Crippen LogP contribution in [-0.2, 0) is 6.54 Å². The summed E-state index contributed by atoms with van der Waals surface area (Å²) in [5, 5.41) is 4.12. The molecule has 0 radical (unpaired) electrons. The van der Waals surface area contributed by atoms with Gasteiger partial charge in [-0.3, -0.25) is 4.79 Å². The van der Waals surface area contributed by atoms with Crippen molar-refractivity contribution in [2.45, 2.75) is 6.54 Å². The van der Waals surface area contributed by atoms with Crippen LogP contribution in [0.5, 0.6) is 0 Å². The third-order valence-corrected chi connectivity index (χ3v) is 4.15. The SMILES string of the molecule is O=C(NCc1c[nH]c2ccccc12)c1ccc(-n2cccc2)cc1. The number of aromatic nitrogens is 2. The summed E-state index contributed by atoms with van der Waals surface area (Å²) in [5.41, 5.74) is 3.86. The summed E-state index contributed by atoms with van der Waals surface area (Å²) in [7, 11) is 0. The van der Waals surface area contributed by atoms with E-state index in [2.05, 4.69) is 16.4 Å². The third-order valence-electron chi connectivity index (χ3n) is 4.15. The maximum atomic E-state index is 12.3. The van der Waals surface area contributed by atoms with Gasteiger partial charge < -0.3 is 14.9 Å². The monoisotopic (exact) mass is 315 g/mol. The molecule has 0 aliphatic rings. The van der Waals surface area contributed by atoms with Gasteiger partial charge in [0, 0.05) is 47.3 Å². The quantitative estimate of drug-likeness (QED) is 0.590. The molecule has 2 aromatic carbocycles. The van der Waals surface area contributed by atoms with Gasteiger partial charge in [-0.1, -0.05) is 18.2 Å². The van der Waals surface area contributed by atoms with Gasteiger partial charge in [0.05, 0.1) is 0 Å². The highest BCUT2D eigenvalue weighted by atomic mass is 16.1. The summed E-state index contributed by atoms with van der Waals surface area (Å²) >= 11 is 0. The molecule has 2 aromatic heterocycles. The van der Waals surface area contributed by atoms with Crippen molar-refractivity contribution >= 4 is 16.8 Å². The summed E-state index contributed by atoms with van der Waals surface area (Å²) in [6.45, 7) is 0.502. The zero-order chi connectivity index (χ0) is 16.4. The number of aromatic amines is 1. The molecule has 2 N–H and O–H groups in total. The number of nitrogens with zero attached hydrogens (tertiary/aromatic N) is 1. The number of fused-ring (bicyclic) bond motifs is 1. The molecule has 2 heterocycles. The van der Waals surface area contributed by atoms with Crippen LogP contribution >= 0.6 is 0 Å². The number of H-pyrrole nitrogens is 1. The van der Waals surface area contributed by atoms with E-state index in [1.807, 2.05) is 77.8 Å². The second kappa shape index (κ2) is 6.08. The smallest absolute Gasteiger partial charge is 0.251 e. The molecule has 4 aromatic rings. The number of amides is 1. The van der Waals surface area contributed by atoms with Gasteiger partial charge >= 0.3 is 0 Å². The first-order valence-electron chi connectivity index (χ1n) is 7.88. The van der Waals surface area contributed by atoms with Crippen LogP contribution in [-0.4, -0.2) is 15.5 Å². The molecule has 4 heteroatoms. The highest BCUT2D eigenvalue weighted by Crippen LogP contribution is 2.17. The molecule has 4 nitrogen and oxygen atoms in total. The zero-order valence-corrected chi connectivity index (χ0v) is 13.1. The highest BCUT2D eigenvalue weighted by Gasteiger charge is 2.08. The average molecular weight is 315 g/mol. The number of para-hydroxylation sites is 1. The van der Waals surface area contributed by atoms with Gasteiger partial charge in [-0.05, 0) is 48.0 Å². The Morgan fingerprint density at radius 2 is 1.71 bits per heavy atom. The lowest BCUT2D eigenvalue weighted by Crippen LogP contribution is -2.22. The van der Waals surface area contributed by atoms with E-state index in [0.29, 0.717) is 12.1 Å². The van der Waals surface area contributed by atoms with E-state index in [-0.39, 0.29) is 5.91 Å². The molecule has 0 aliphatic heterocycles. The fourth-order valence-corrected chi connectivity index (χ4v) is 2.85. The van der Waals surface area contributed by atoms with E-state index < -0.39 is 0 Å². The number of hydrogen-bond acceptors (Lipinski definition) is 1. The van der Waals surface area contributed by atoms with Crippen molar-refractivity contribution < 1.29 is 4.79 Å². The van der Waals surface area contributed by atoms with Gasteiger partial charge in [0.2, 0.25) is 0 Å². The second-order valence-electron chi connectivity index (χ2n) is 5.68. The molecule has 1 amide bonds. The van der Waals surface area contributed by atoms with Crippen LogP contribution in [0.3, 0.4) is 0 Å². The minimum absolute atomic E-state index is 0.0701. The van der Waals surface area contributed by atoms with Crippen molar-refractivity contribution in [1.29, 1.82) is 0 Å². The fraction of sp³-hybridized carbons (Fsp3) is 0.0500. The van der Waals surface area contributed by atoms with Crippen LogP contribution in [0, 0.1) is 0 Å². The normalized spacial score (nSPS) is 10.8. The number of carbonyl (C=O) groups excluding carboxylic acids is 1. The summed E-state index contributed by atoms with van der Waals surface area (Å²) in [6, 6.07) is 19.6. The van der Waals surface area contributed by atoms with Gasteiger partial charge in [-0.2, -0.15) is 0 Å². The van der Waals surface area contributed by atoms with Crippen LogP contribution in [0.4, 0.5) is 0 Å². The van der Waals surface area contributed by atoms with Crippen LogP contribution in [0.25, 0.3) is 16.6 Å². The van der Waals surface area contributed by atoms with Crippen molar-refractivity contribution in [1.82, 2.24) is 14.9 Å². The predicted octanol–water partition coefficient (Wildman–Crippen LogP) is 3.89. The Hall–Kier alpha value is -3.27. The molecule has 0 fully saturated rings. The number of hydrogen-bond donors (Lipinski definition) is 2. The minimum Gasteiger partial charge on any atom is -0.361 e.